The van der Waals surface area contributed by atoms with Crippen LogP contribution in [0.25, 0.3) is 0 Å². The van der Waals surface area contributed by atoms with Gasteiger partial charge in [0.2, 0.25) is 17.2 Å². The molecule has 25 heavy (non-hydrogen) atoms. The van der Waals surface area contributed by atoms with E-state index in [2.05, 4.69) is 0 Å². The second-order valence-corrected chi connectivity index (χ2v) is 6.76. The minimum atomic E-state index is -1.83. The Bertz CT molecular complexity index is 931. The lowest BCUT2D eigenvalue weighted by Crippen LogP contribution is -2.57. The molecule has 0 N–H and O–H groups in total. The van der Waals surface area contributed by atoms with Crippen molar-refractivity contribution in [2.75, 3.05) is 0 Å². The number of Topliss-reactive ketones (excluding diaryl/α,β-unsaturated/α-hetero) is 3. The molecule has 0 radical (unpaired) electrons. The van der Waals surface area contributed by atoms with E-state index in [0.29, 0.717) is 24.0 Å². The smallest absolute Gasteiger partial charge is 0.226 e. The van der Waals surface area contributed by atoms with Gasteiger partial charge in [0.15, 0.2) is 12.0 Å². The number of allylic oxidation sites excluding steroid dienone is 3. The van der Waals surface area contributed by atoms with E-state index < -0.39 is 23.4 Å². The molecule has 5 nitrogen and oxygen atoms in total. The number of benzene rings is 1. The van der Waals surface area contributed by atoms with Crippen molar-refractivity contribution in [1.29, 1.82) is 0 Å². The second-order valence-electron chi connectivity index (χ2n) is 6.76. The molecule has 0 fully saturated rings. The average molecular weight is 333 g/mol. The Hall–Kier alpha value is -2.79. The summed E-state index contributed by atoms with van der Waals surface area (Å²) in [5, 5.41) is 0. The summed E-state index contributed by atoms with van der Waals surface area (Å²) in [6, 6.07) is 6.70. The number of ether oxygens (including phenoxy) is 1. The van der Waals surface area contributed by atoms with E-state index in [9.17, 15) is 14.4 Å². The minimum Gasteiger partial charge on any atom is -0.326 e. The predicted molar refractivity (Wildman–Crippen MR) is 88.7 cm³/mol. The van der Waals surface area contributed by atoms with Crippen LogP contribution in [0.3, 0.4) is 0 Å². The monoisotopic (exact) mass is 333 g/mol. The van der Waals surface area contributed by atoms with Gasteiger partial charge in [-0.25, -0.2) is 0 Å². The van der Waals surface area contributed by atoms with Crippen molar-refractivity contribution < 1.29 is 19.1 Å². The molecule has 0 saturated heterocycles. The fraction of sp³-hybridized carbons (Fsp3) is 0.250. The highest BCUT2D eigenvalue weighted by atomic mass is 16.5. The Kier molecular flexibility index (Phi) is 2.70. The highest BCUT2D eigenvalue weighted by Gasteiger charge is 2.64. The molecule has 2 heterocycles. The van der Waals surface area contributed by atoms with Gasteiger partial charge in [-0.2, -0.15) is 0 Å². The lowest BCUT2D eigenvalue weighted by molar-refractivity contribution is -0.120. The number of fused-ring (bicyclic) bond motifs is 4. The third-order valence-corrected chi connectivity index (χ3v) is 5.41. The van der Waals surface area contributed by atoms with Crippen LogP contribution in [-0.4, -0.2) is 34.1 Å². The van der Waals surface area contributed by atoms with E-state index in [4.69, 9.17) is 4.74 Å². The van der Waals surface area contributed by atoms with E-state index in [1.54, 1.807) is 24.3 Å². The summed E-state index contributed by atoms with van der Waals surface area (Å²) < 4.78 is 6.17. The summed E-state index contributed by atoms with van der Waals surface area (Å²) in [5.41, 5.74) is 0.702. The predicted octanol–water partition coefficient (Wildman–Crippen LogP) is 2.55. The molecule has 1 unspecified atom stereocenters. The standard InChI is InChI=1S/C20H15NO4/c1-11-5-4-10-21-14-8-9-15(22)16(14)20(25-19(11)21)17(23)12-6-2-3-7-13(12)18(20)24/h2-7,10,19H,8-9H2,1H3. The van der Waals surface area contributed by atoms with Crippen LogP contribution in [0.4, 0.5) is 0 Å². The molecule has 1 spiro atoms. The first-order valence-corrected chi connectivity index (χ1v) is 8.32. The van der Waals surface area contributed by atoms with Crippen molar-refractivity contribution in [3.63, 3.8) is 0 Å². The van der Waals surface area contributed by atoms with Crippen LogP contribution in [0, 0.1) is 0 Å². The summed E-state index contributed by atoms with van der Waals surface area (Å²) in [7, 11) is 0. The molecule has 5 rings (SSSR count). The van der Waals surface area contributed by atoms with Crippen molar-refractivity contribution >= 4 is 17.3 Å². The topological polar surface area (TPSA) is 63.7 Å². The highest BCUT2D eigenvalue weighted by molar-refractivity contribution is 6.37. The van der Waals surface area contributed by atoms with E-state index in [1.165, 1.54) is 0 Å². The maximum absolute atomic E-state index is 13.3. The van der Waals surface area contributed by atoms with E-state index in [1.807, 2.05) is 30.2 Å². The zero-order valence-corrected chi connectivity index (χ0v) is 13.6. The van der Waals surface area contributed by atoms with Gasteiger partial charge >= 0.3 is 0 Å². The van der Waals surface area contributed by atoms with Crippen molar-refractivity contribution in [2.45, 2.75) is 31.6 Å². The molecule has 1 aromatic carbocycles. The molecule has 5 heteroatoms. The molecule has 4 aliphatic rings. The van der Waals surface area contributed by atoms with Gasteiger partial charge in [0, 0.05) is 29.4 Å². The molecule has 0 bridgehead atoms. The SMILES string of the molecule is CC1=CC=CN2C3=C(C(=O)CC3)C3(OC12)C(=O)c1ccccc1C3=O. The van der Waals surface area contributed by atoms with Crippen molar-refractivity contribution in [2.24, 2.45) is 0 Å². The quantitative estimate of drug-likeness (QED) is 0.683. The van der Waals surface area contributed by atoms with Crippen LogP contribution in [0.15, 0.2) is 59.5 Å². The number of hydrogen-bond donors (Lipinski definition) is 0. The third-order valence-electron chi connectivity index (χ3n) is 5.41. The normalized spacial score (nSPS) is 26.1. The van der Waals surface area contributed by atoms with Crippen LogP contribution in [0.1, 0.15) is 40.5 Å². The number of nitrogens with zero attached hydrogens (tertiary/aromatic N) is 1. The lowest BCUT2D eigenvalue weighted by atomic mass is 9.84. The lowest BCUT2D eigenvalue weighted by Gasteiger charge is -2.44. The first-order valence-electron chi connectivity index (χ1n) is 8.32. The van der Waals surface area contributed by atoms with Crippen LogP contribution < -0.4 is 0 Å². The Morgan fingerprint density at radius 3 is 2.44 bits per heavy atom. The second kappa shape index (κ2) is 4.64. The van der Waals surface area contributed by atoms with E-state index in [0.717, 1.165) is 11.3 Å². The minimum absolute atomic E-state index is 0.177. The fourth-order valence-corrected chi connectivity index (χ4v) is 4.27. The Morgan fingerprint density at radius 1 is 1.08 bits per heavy atom. The van der Waals surface area contributed by atoms with E-state index >= 15 is 0 Å². The Balaban J connectivity index is 1.80. The molecule has 0 saturated carbocycles. The molecule has 0 aromatic heterocycles. The number of hydrogen-bond acceptors (Lipinski definition) is 5. The van der Waals surface area contributed by atoms with Gasteiger partial charge in [-0.15, -0.1) is 0 Å². The van der Waals surface area contributed by atoms with Gasteiger partial charge in [-0.1, -0.05) is 30.3 Å². The van der Waals surface area contributed by atoms with Gasteiger partial charge in [0.1, 0.15) is 0 Å². The molecule has 1 aromatic rings. The highest BCUT2D eigenvalue weighted by Crippen LogP contribution is 2.49. The molecule has 124 valence electrons. The molecular weight excluding hydrogens is 318 g/mol. The first-order chi connectivity index (χ1) is 12.1. The fourth-order valence-electron chi connectivity index (χ4n) is 4.27. The largest absolute Gasteiger partial charge is 0.326 e. The first kappa shape index (κ1) is 14.5. The molecule has 0 amide bonds. The van der Waals surface area contributed by atoms with Gasteiger partial charge in [0.05, 0.1) is 5.57 Å². The van der Waals surface area contributed by atoms with E-state index in [-0.39, 0.29) is 11.4 Å². The number of carbonyl (C=O) groups is 3. The summed E-state index contributed by atoms with van der Waals surface area (Å²) in [4.78, 5) is 41.1. The van der Waals surface area contributed by atoms with Crippen molar-refractivity contribution in [3.8, 4) is 0 Å². The van der Waals surface area contributed by atoms with Crippen LogP contribution >= 0.6 is 0 Å². The third kappa shape index (κ3) is 1.59. The average Bonchev–Trinajstić information content (AvgIpc) is 3.11. The maximum atomic E-state index is 13.3. The Morgan fingerprint density at radius 2 is 1.76 bits per heavy atom. The molecular formula is C20H15NO4. The molecule has 1 atom stereocenters. The zero-order valence-electron chi connectivity index (χ0n) is 13.6. The maximum Gasteiger partial charge on any atom is 0.226 e. The number of ketones is 3. The van der Waals surface area contributed by atoms with Gasteiger partial charge in [-0.3, -0.25) is 14.4 Å². The summed E-state index contributed by atoms with van der Waals surface area (Å²) in [6.45, 7) is 1.90. The van der Waals surface area contributed by atoms with Crippen molar-refractivity contribution in [1.82, 2.24) is 4.90 Å². The summed E-state index contributed by atoms with van der Waals surface area (Å²) in [6.07, 6.45) is 5.89. The van der Waals surface area contributed by atoms with Crippen LogP contribution in [0.5, 0.6) is 0 Å². The zero-order chi connectivity index (χ0) is 17.3. The van der Waals surface area contributed by atoms with Gasteiger partial charge in [-0.05, 0) is 25.0 Å². The Labute approximate surface area is 144 Å². The number of carbonyl (C=O) groups excluding carboxylic acids is 3. The summed E-state index contributed by atoms with van der Waals surface area (Å²) >= 11 is 0. The molecule has 2 aliphatic carbocycles. The number of rotatable bonds is 0. The molecule has 2 aliphatic heterocycles. The van der Waals surface area contributed by atoms with Crippen molar-refractivity contribution in [3.05, 3.63) is 70.6 Å². The van der Waals surface area contributed by atoms with Crippen LogP contribution in [0.2, 0.25) is 0 Å². The van der Waals surface area contributed by atoms with Crippen LogP contribution in [-0.2, 0) is 9.53 Å². The van der Waals surface area contributed by atoms with Gasteiger partial charge in [0.25, 0.3) is 0 Å². The van der Waals surface area contributed by atoms with Gasteiger partial charge < -0.3 is 9.64 Å². The summed E-state index contributed by atoms with van der Waals surface area (Å²) in [5.74, 6) is -1.01.